The minimum atomic E-state index is -0.566. The van der Waals surface area contributed by atoms with E-state index in [0.29, 0.717) is 19.0 Å². The molecule has 0 radical (unpaired) electrons. The lowest BCUT2D eigenvalue weighted by Gasteiger charge is -2.15. The Morgan fingerprint density at radius 2 is 1.71 bits per heavy atom. The van der Waals surface area contributed by atoms with Gasteiger partial charge in [0.15, 0.2) is 0 Å². The molecule has 116 valence electrons. The zero-order chi connectivity index (χ0) is 15.5. The van der Waals surface area contributed by atoms with Crippen LogP contribution in [0.25, 0.3) is 0 Å². The molecule has 0 unspecified atom stereocenters. The van der Waals surface area contributed by atoms with E-state index in [0.717, 1.165) is 31.2 Å². The summed E-state index contributed by atoms with van der Waals surface area (Å²) in [6.45, 7) is 5.22. The Morgan fingerprint density at radius 3 is 2.33 bits per heavy atom. The summed E-state index contributed by atoms with van der Waals surface area (Å²) in [5, 5.41) is 5.36. The number of unbranched alkanes of at least 4 members (excludes halogenated alkanes) is 1. The van der Waals surface area contributed by atoms with Crippen LogP contribution < -0.4 is 10.6 Å². The van der Waals surface area contributed by atoms with Crippen molar-refractivity contribution in [2.24, 2.45) is 5.92 Å². The zero-order valence-electron chi connectivity index (χ0n) is 13.0. The molecule has 0 aliphatic carbocycles. The highest BCUT2D eigenvalue weighted by Gasteiger charge is 2.14. The van der Waals surface area contributed by atoms with Gasteiger partial charge < -0.3 is 10.6 Å². The average Bonchev–Trinajstić information content (AvgIpc) is 2.53. The smallest absolute Gasteiger partial charge is 0.309 e. The molecular formula is C17H26N2O2. The molecular weight excluding hydrogens is 264 g/mol. The van der Waals surface area contributed by atoms with Crippen LogP contribution in [-0.2, 0) is 16.1 Å². The molecule has 0 fully saturated rings. The number of hydrogen-bond donors (Lipinski definition) is 2. The molecule has 2 N–H and O–H groups in total. The van der Waals surface area contributed by atoms with Crippen LogP contribution in [0.1, 0.15) is 45.1 Å². The van der Waals surface area contributed by atoms with E-state index in [9.17, 15) is 9.59 Å². The van der Waals surface area contributed by atoms with Crippen molar-refractivity contribution in [1.82, 2.24) is 10.6 Å². The molecule has 0 saturated carbocycles. The number of carbonyl (C=O) groups is 2. The normalized spacial score (nSPS) is 11.7. The van der Waals surface area contributed by atoms with E-state index < -0.39 is 11.8 Å². The molecule has 1 aromatic rings. The van der Waals surface area contributed by atoms with Gasteiger partial charge in [0.25, 0.3) is 0 Å². The average molecular weight is 290 g/mol. The van der Waals surface area contributed by atoms with Crippen molar-refractivity contribution in [3.8, 4) is 0 Å². The second-order valence-corrected chi connectivity index (χ2v) is 5.29. The van der Waals surface area contributed by atoms with Crippen molar-refractivity contribution in [2.45, 2.75) is 46.1 Å². The van der Waals surface area contributed by atoms with Gasteiger partial charge in [-0.25, -0.2) is 0 Å². The van der Waals surface area contributed by atoms with Crippen LogP contribution in [0.3, 0.4) is 0 Å². The summed E-state index contributed by atoms with van der Waals surface area (Å²) >= 11 is 0. The molecule has 2 amide bonds. The van der Waals surface area contributed by atoms with Gasteiger partial charge in [-0.3, -0.25) is 9.59 Å². The number of hydrogen-bond acceptors (Lipinski definition) is 2. The third-order valence-electron chi connectivity index (χ3n) is 3.60. The zero-order valence-corrected chi connectivity index (χ0v) is 13.0. The summed E-state index contributed by atoms with van der Waals surface area (Å²) in [6, 6.07) is 9.55. The van der Waals surface area contributed by atoms with Crippen LogP contribution >= 0.6 is 0 Å². The maximum atomic E-state index is 11.7. The summed E-state index contributed by atoms with van der Waals surface area (Å²) < 4.78 is 0. The van der Waals surface area contributed by atoms with Crippen LogP contribution in [0, 0.1) is 5.92 Å². The fourth-order valence-electron chi connectivity index (χ4n) is 2.12. The SMILES string of the molecule is CCCC[C@@H](CC)CNC(=O)C(=O)NCc1ccccc1. The Labute approximate surface area is 127 Å². The molecule has 21 heavy (non-hydrogen) atoms. The summed E-state index contributed by atoms with van der Waals surface area (Å²) in [6.07, 6.45) is 4.43. The summed E-state index contributed by atoms with van der Waals surface area (Å²) in [5.41, 5.74) is 0.980. The van der Waals surface area contributed by atoms with E-state index >= 15 is 0 Å². The van der Waals surface area contributed by atoms with Crippen molar-refractivity contribution >= 4 is 11.8 Å². The number of carbonyl (C=O) groups excluding carboxylic acids is 2. The molecule has 0 bridgehead atoms. The summed E-state index contributed by atoms with van der Waals surface area (Å²) in [5.74, 6) is -0.652. The van der Waals surface area contributed by atoms with Gasteiger partial charge >= 0.3 is 11.8 Å². The molecule has 1 aromatic carbocycles. The van der Waals surface area contributed by atoms with E-state index in [1.54, 1.807) is 0 Å². The molecule has 0 aliphatic rings. The monoisotopic (exact) mass is 290 g/mol. The Hall–Kier alpha value is -1.84. The molecule has 4 nitrogen and oxygen atoms in total. The summed E-state index contributed by atoms with van der Waals surface area (Å²) in [7, 11) is 0. The Bertz CT molecular complexity index is 432. The lowest BCUT2D eigenvalue weighted by Crippen LogP contribution is -2.41. The van der Waals surface area contributed by atoms with Crippen LogP contribution in [-0.4, -0.2) is 18.4 Å². The van der Waals surface area contributed by atoms with Gasteiger partial charge in [-0.2, -0.15) is 0 Å². The number of nitrogens with one attached hydrogen (secondary N) is 2. The molecule has 4 heteroatoms. The van der Waals surface area contributed by atoms with Crippen LogP contribution in [0.4, 0.5) is 0 Å². The van der Waals surface area contributed by atoms with Gasteiger partial charge in [-0.05, 0) is 17.9 Å². The van der Waals surface area contributed by atoms with Crippen molar-refractivity contribution in [2.75, 3.05) is 6.54 Å². The fourth-order valence-corrected chi connectivity index (χ4v) is 2.12. The summed E-state index contributed by atoms with van der Waals surface area (Å²) in [4.78, 5) is 23.4. The Kier molecular flexibility index (Phi) is 8.17. The molecule has 0 aliphatic heterocycles. The molecule has 0 aromatic heterocycles. The standard InChI is InChI=1S/C17H26N2O2/c1-3-5-9-14(4-2)12-18-16(20)17(21)19-13-15-10-7-6-8-11-15/h6-8,10-11,14H,3-5,9,12-13H2,1-2H3,(H,18,20)(H,19,21)/t14-/m1/s1. The first-order valence-electron chi connectivity index (χ1n) is 7.77. The van der Waals surface area contributed by atoms with Crippen LogP contribution in [0.2, 0.25) is 0 Å². The van der Waals surface area contributed by atoms with Gasteiger partial charge in [-0.1, -0.05) is 63.4 Å². The van der Waals surface area contributed by atoms with Crippen molar-refractivity contribution in [1.29, 1.82) is 0 Å². The lowest BCUT2D eigenvalue weighted by atomic mass is 9.99. The van der Waals surface area contributed by atoms with Crippen molar-refractivity contribution in [3.63, 3.8) is 0 Å². The molecule has 0 spiro atoms. The minimum absolute atomic E-state index is 0.375. The fraction of sp³-hybridized carbons (Fsp3) is 0.529. The van der Waals surface area contributed by atoms with Gasteiger partial charge in [0.2, 0.25) is 0 Å². The number of rotatable bonds is 8. The Morgan fingerprint density at radius 1 is 1.05 bits per heavy atom. The Balaban J connectivity index is 2.29. The molecule has 1 atom stereocenters. The maximum Gasteiger partial charge on any atom is 0.309 e. The first-order valence-corrected chi connectivity index (χ1v) is 7.77. The van der Waals surface area contributed by atoms with Gasteiger partial charge in [0.1, 0.15) is 0 Å². The molecule has 1 rings (SSSR count). The highest BCUT2D eigenvalue weighted by atomic mass is 16.2. The van der Waals surface area contributed by atoms with Crippen LogP contribution in [0.5, 0.6) is 0 Å². The minimum Gasteiger partial charge on any atom is -0.348 e. The van der Waals surface area contributed by atoms with E-state index in [4.69, 9.17) is 0 Å². The van der Waals surface area contributed by atoms with E-state index in [2.05, 4.69) is 24.5 Å². The van der Waals surface area contributed by atoms with Crippen molar-refractivity contribution in [3.05, 3.63) is 35.9 Å². The van der Waals surface area contributed by atoms with Gasteiger partial charge in [0.05, 0.1) is 0 Å². The maximum absolute atomic E-state index is 11.7. The van der Waals surface area contributed by atoms with Crippen LogP contribution in [0.15, 0.2) is 30.3 Å². The third-order valence-corrected chi connectivity index (χ3v) is 3.60. The van der Waals surface area contributed by atoms with E-state index in [1.807, 2.05) is 30.3 Å². The topological polar surface area (TPSA) is 58.2 Å². The quantitative estimate of drug-likeness (QED) is 0.723. The second-order valence-electron chi connectivity index (χ2n) is 5.29. The highest BCUT2D eigenvalue weighted by Crippen LogP contribution is 2.10. The highest BCUT2D eigenvalue weighted by molar-refractivity contribution is 6.35. The third kappa shape index (κ3) is 6.93. The van der Waals surface area contributed by atoms with Gasteiger partial charge in [0, 0.05) is 13.1 Å². The number of amides is 2. The van der Waals surface area contributed by atoms with Gasteiger partial charge in [-0.15, -0.1) is 0 Å². The molecule has 0 heterocycles. The number of benzene rings is 1. The predicted octanol–water partition coefficient (Wildman–Crippen LogP) is 2.64. The molecule has 0 saturated heterocycles. The largest absolute Gasteiger partial charge is 0.348 e. The first-order chi connectivity index (χ1) is 10.2. The second kappa shape index (κ2) is 9.97. The van der Waals surface area contributed by atoms with E-state index in [-0.39, 0.29) is 0 Å². The van der Waals surface area contributed by atoms with E-state index in [1.165, 1.54) is 0 Å². The predicted molar refractivity (Wildman–Crippen MR) is 84.6 cm³/mol. The first kappa shape index (κ1) is 17.2. The van der Waals surface area contributed by atoms with Crippen molar-refractivity contribution < 1.29 is 9.59 Å². The lowest BCUT2D eigenvalue weighted by molar-refractivity contribution is -0.139.